The van der Waals surface area contributed by atoms with Crippen molar-refractivity contribution in [1.82, 2.24) is 0 Å². The van der Waals surface area contributed by atoms with Crippen LogP contribution in [0.1, 0.15) is 11.1 Å². The van der Waals surface area contributed by atoms with E-state index in [1.54, 1.807) is 12.1 Å². The van der Waals surface area contributed by atoms with Gasteiger partial charge in [0.1, 0.15) is 0 Å². The van der Waals surface area contributed by atoms with Gasteiger partial charge in [-0.05, 0) is 42.3 Å². The Bertz CT molecular complexity index is 792. The van der Waals surface area contributed by atoms with Gasteiger partial charge in [-0.1, -0.05) is 23.7 Å². The Hall–Kier alpha value is -1.98. The molecule has 0 radical (unpaired) electrons. The number of rotatable bonds is 3. The lowest BCUT2D eigenvalue weighted by atomic mass is 10.1. The predicted octanol–water partition coefficient (Wildman–Crippen LogP) is 3.87. The van der Waals surface area contributed by atoms with Crippen LogP contribution >= 0.6 is 23.4 Å². The van der Waals surface area contributed by atoms with Gasteiger partial charge in [0.2, 0.25) is 11.8 Å². The van der Waals surface area contributed by atoms with Gasteiger partial charge in [0.25, 0.3) is 0 Å². The maximum atomic E-state index is 12.2. The van der Waals surface area contributed by atoms with E-state index in [-0.39, 0.29) is 18.2 Å². The lowest BCUT2D eigenvalue weighted by Gasteiger charge is -2.17. The van der Waals surface area contributed by atoms with E-state index in [0.717, 1.165) is 21.7 Å². The SMILES string of the molecule is Cc1c(Cl)cccc1NC(=O)Cc1ccc2c(c1)NC(=O)CS2. The fourth-order valence-electron chi connectivity index (χ4n) is 2.36. The van der Waals surface area contributed by atoms with E-state index in [0.29, 0.717) is 16.5 Å². The van der Waals surface area contributed by atoms with Gasteiger partial charge in [-0.3, -0.25) is 9.59 Å². The maximum absolute atomic E-state index is 12.2. The Balaban J connectivity index is 1.72. The topological polar surface area (TPSA) is 58.2 Å². The Morgan fingerprint density at radius 1 is 1.35 bits per heavy atom. The number of halogens is 1. The van der Waals surface area contributed by atoms with E-state index < -0.39 is 0 Å². The minimum atomic E-state index is -0.120. The van der Waals surface area contributed by atoms with Crippen LogP contribution in [-0.4, -0.2) is 17.6 Å². The van der Waals surface area contributed by atoms with Crippen molar-refractivity contribution < 1.29 is 9.59 Å². The van der Waals surface area contributed by atoms with Crippen LogP contribution < -0.4 is 10.6 Å². The number of thioether (sulfide) groups is 1. The summed E-state index contributed by atoms with van der Waals surface area (Å²) in [5, 5.41) is 6.32. The van der Waals surface area contributed by atoms with Gasteiger partial charge in [0.05, 0.1) is 17.9 Å². The molecule has 0 aliphatic carbocycles. The minimum absolute atomic E-state index is 0.0151. The summed E-state index contributed by atoms with van der Waals surface area (Å²) in [5.74, 6) is 0.296. The third kappa shape index (κ3) is 3.68. The van der Waals surface area contributed by atoms with Gasteiger partial charge in [0.15, 0.2) is 0 Å². The summed E-state index contributed by atoms with van der Waals surface area (Å²) in [4.78, 5) is 24.7. The van der Waals surface area contributed by atoms with Gasteiger partial charge in [-0.25, -0.2) is 0 Å². The molecule has 23 heavy (non-hydrogen) atoms. The first-order chi connectivity index (χ1) is 11.0. The summed E-state index contributed by atoms with van der Waals surface area (Å²) >= 11 is 7.56. The minimum Gasteiger partial charge on any atom is -0.326 e. The summed E-state index contributed by atoms with van der Waals surface area (Å²) in [6, 6.07) is 11.1. The zero-order chi connectivity index (χ0) is 16.4. The lowest BCUT2D eigenvalue weighted by molar-refractivity contribution is -0.115. The van der Waals surface area contributed by atoms with Crippen LogP contribution in [0.15, 0.2) is 41.3 Å². The number of benzene rings is 2. The van der Waals surface area contributed by atoms with Crippen LogP contribution in [0.3, 0.4) is 0 Å². The number of amides is 2. The summed E-state index contributed by atoms with van der Waals surface area (Å²) in [7, 11) is 0. The van der Waals surface area contributed by atoms with Crippen molar-refractivity contribution in [3.8, 4) is 0 Å². The standard InChI is InChI=1S/C17H15ClN2O2S/c1-10-12(18)3-2-4-13(10)19-16(21)8-11-5-6-15-14(7-11)20-17(22)9-23-15/h2-7H,8-9H2,1H3,(H,19,21)(H,20,22). The molecule has 1 heterocycles. The molecule has 0 saturated heterocycles. The normalized spacial score (nSPS) is 13.2. The molecule has 2 aromatic rings. The van der Waals surface area contributed by atoms with E-state index in [9.17, 15) is 9.59 Å². The Morgan fingerprint density at radius 2 is 2.17 bits per heavy atom. The molecule has 1 aliphatic rings. The van der Waals surface area contributed by atoms with Crippen molar-refractivity contribution in [3.63, 3.8) is 0 Å². The van der Waals surface area contributed by atoms with Gasteiger partial charge in [0, 0.05) is 15.6 Å². The highest BCUT2D eigenvalue weighted by molar-refractivity contribution is 8.00. The van der Waals surface area contributed by atoms with Crippen LogP contribution in [0.4, 0.5) is 11.4 Å². The van der Waals surface area contributed by atoms with Crippen molar-refractivity contribution in [1.29, 1.82) is 0 Å². The third-order valence-electron chi connectivity index (χ3n) is 3.58. The molecule has 0 unspecified atom stereocenters. The van der Waals surface area contributed by atoms with Crippen LogP contribution in [0, 0.1) is 6.92 Å². The average molecular weight is 347 g/mol. The lowest BCUT2D eigenvalue weighted by Crippen LogP contribution is -2.19. The molecular formula is C17H15ClN2O2S. The first-order valence-electron chi connectivity index (χ1n) is 7.13. The van der Waals surface area contributed by atoms with Crippen molar-refractivity contribution in [2.45, 2.75) is 18.2 Å². The number of hydrogen-bond acceptors (Lipinski definition) is 3. The van der Waals surface area contributed by atoms with Crippen molar-refractivity contribution in [2.24, 2.45) is 0 Å². The highest BCUT2D eigenvalue weighted by Gasteiger charge is 2.16. The van der Waals surface area contributed by atoms with Gasteiger partial charge >= 0.3 is 0 Å². The van der Waals surface area contributed by atoms with Crippen LogP contribution in [0.2, 0.25) is 5.02 Å². The molecule has 2 aromatic carbocycles. The number of anilines is 2. The van der Waals surface area contributed by atoms with E-state index >= 15 is 0 Å². The predicted molar refractivity (Wildman–Crippen MR) is 94.3 cm³/mol. The molecule has 0 aromatic heterocycles. The first kappa shape index (κ1) is 15.9. The van der Waals surface area contributed by atoms with Gasteiger partial charge in [-0.15, -0.1) is 11.8 Å². The van der Waals surface area contributed by atoms with Gasteiger partial charge in [-0.2, -0.15) is 0 Å². The average Bonchev–Trinajstić information content (AvgIpc) is 2.51. The molecular weight excluding hydrogens is 332 g/mol. The van der Waals surface area contributed by atoms with Crippen LogP contribution in [0.25, 0.3) is 0 Å². The number of nitrogens with one attached hydrogen (secondary N) is 2. The summed E-state index contributed by atoms with van der Waals surface area (Å²) in [6.07, 6.45) is 0.236. The van der Waals surface area contributed by atoms with Crippen molar-refractivity contribution in [3.05, 3.63) is 52.5 Å². The molecule has 0 atom stereocenters. The zero-order valence-electron chi connectivity index (χ0n) is 12.5. The number of hydrogen-bond donors (Lipinski definition) is 2. The first-order valence-corrected chi connectivity index (χ1v) is 8.50. The molecule has 0 saturated carbocycles. The molecule has 2 amide bonds. The fourth-order valence-corrected chi connectivity index (χ4v) is 3.33. The molecule has 3 rings (SSSR count). The van der Waals surface area contributed by atoms with Crippen molar-refractivity contribution in [2.75, 3.05) is 16.4 Å². The summed E-state index contributed by atoms with van der Waals surface area (Å²) < 4.78 is 0. The van der Waals surface area contributed by atoms with E-state index in [1.165, 1.54) is 11.8 Å². The highest BCUT2D eigenvalue weighted by Crippen LogP contribution is 2.32. The third-order valence-corrected chi connectivity index (χ3v) is 5.07. The van der Waals surface area contributed by atoms with E-state index in [2.05, 4.69) is 10.6 Å². The van der Waals surface area contributed by atoms with E-state index in [1.807, 2.05) is 31.2 Å². The second kappa shape index (κ2) is 6.64. The zero-order valence-corrected chi connectivity index (χ0v) is 14.1. The number of carbonyl (C=O) groups excluding carboxylic acids is 2. The van der Waals surface area contributed by atoms with Crippen LogP contribution in [-0.2, 0) is 16.0 Å². The molecule has 2 N–H and O–H groups in total. The van der Waals surface area contributed by atoms with Crippen molar-refractivity contribution >= 4 is 46.6 Å². The smallest absolute Gasteiger partial charge is 0.234 e. The monoisotopic (exact) mass is 346 g/mol. The number of carbonyl (C=O) groups is 2. The fraction of sp³-hybridized carbons (Fsp3) is 0.176. The Kier molecular flexibility index (Phi) is 4.59. The number of fused-ring (bicyclic) bond motifs is 1. The Labute approximate surface area is 143 Å². The largest absolute Gasteiger partial charge is 0.326 e. The molecule has 118 valence electrons. The highest BCUT2D eigenvalue weighted by atomic mass is 35.5. The maximum Gasteiger partial charge on any atom is 0.234 e. The second-order valence-corrected chi connectivity index (χ2v) is 6.73. The Morgan fingerprint density at radius 3 is 3.00 bits per heavy atom. The molecule has 0 bridgehead atoms. The van der Waals surface area contributed by atoms with E-state index in [4.69, 9.17) is 11.6 Å². The van der Waals surface area contributed by atoms with Crippen LogP contribution in [0.5, 0.6) is 0 Å². The van der Waals surface area contributed by atoms with Gasteiger partial charge < -0.3 is 10.6 Å². The quantitative estimate of drug-likeness (QED) is 0.886. The second-order valence-electron chi connectivity index (χ2n) is 5.30. The summed E-state index contributed by atoms with van der Waals surface area (Å²) in [6.45, 7) is 1.86. The molecule has 1 aliphatic heterocycles. The molecule has 6 heteroatoms. The molecule has 4 nitrogen and oxygen atoms in total. The summed E-state index contributed by atoms with van der Waals surface area (Å²) in [5.41, 5.74) is 3.18. The molecule has 0 fully saturated rings. The molecule has 0 spiro atoms.